The number of likely N-dealkylation sites (tertiary alicyclic amines) is 1. The molecule has 3 nitrogen and oxygen atoms in total. The van der Waals surface area contributed by atoms with Gasteiger partial charge in [-0.2, -0.15) is 0 Å². The van der Waals surface area contributed by atoms with Crippen molar-refractivity contribution in [1.82, 2.24) is 9.80 Å². The van der Waals surface area contributed by atoms with Crippen LogP contribution in [0.4, 0.5) is 0 Å². The molecule has 2 aromatic carbocycles. The Labute approximate surface area is 157 Å². The lowest BCUT2D eigenvalue weighted by Gasteiger charge is -2.28. The first-order valence-electron chi connectivity index (χ1n) is 10.1. The number of nitrogens with zero attached hydrogens (tertiary/aromatic N) is 2. The van der Waals surface area contributed by atoms with Crippen molar-refractivity contribution < 1.29 is 4.74 Å². The molecule has 0 atom stereocenters. The highest BCUT2D eigenvalue weighted by atomic mass is 16.5. The zero-order valence-electron chi connectivity index (χ0n) is 15.7. The Morgan fingerprint density at radius 3 is 2.35 bits per heavy atom. The van der Waals surface area contributed by atoms with Gasteiger partial charge in [-0.15, -0.1) is 0 Å². The third-order valence-electron chi connectivity index (χ3n) is 5.66. The summed E-state index contributed by atoms with van der Waals surface area (Å²) >= 11 is 0. The Morgan fingerprint density at radius 1 is 0.769 bits per heavy atom. The maximum atomic E-state index is 5.94. The molecule has 0 aliphatic carbocycles. The summed E-state index contributed by atoms with van der Waals surface area (Å²) in [6.45, 7) is 7.54. The van der Waals surface area contributed by atoms with E-state index in [0.29, 0.717) is 0 Å². The molecule has 3 heteroatoms. The summed E-state index contributed by atoms with van der Waals surface area (Å²) in [6.07, 6.45) is 5.24. The highest BCUT2D eigenvalue weighted by molar-refractivity contribution is 5.30. The van der Waals surface area contributed by atoms with E-state index in [4.69, 9.17) is 4.74 Å². The van der Waals surface area contributed by atoms with Crippen molar-refractivity contribution in [2.75, 3.05) is 32.8 Å². The summed E-state index contributed by atoms with van der Waals surface area (Å²) in [5, 5.41) is 0. The lowest BCUT2D eigenvalue weighted by Crippen LogP contribution is -2.33. The molecular formula is C23H30N2O. The summed E-state index contributed by atoms with van der Waals surface area (Å²) in [7, 11) is 0. The molecule has 0 amide bonds. The molecule has 0 spiro atoms. The Hall–Kier alpha value is -1.84. The van der Waals surface area contributed by atoms with Crippen molar-refractivity contribution in [2.24, 2.45) is 0 Å². The van der Waals surface area contributed by atoms with Gasteiger partial charge in [0.15, 0.2) is 0 Å². The lowest BCUT2D eigenvalue weighted by molar-refractivity contribution is 0.183. The topological polar surface area (TPSA) is 15.7 Å². The van der Waals surface area contributed by atoms with Crippen LogP contribution in [0.5, 0.6) is 5.75 Å². The summed E-state index contributed by atoms with van der Waals surface area (Å²) in [6, 6.07) is 17.5. The Kier molecular flexibility index (Phi) is 5.88. The van der Waals surface area contributed by atoms with Crippen LogP contribution in [-0.2, 0) is 19.5 Å². The van der Waals surface area contributed by atoms with Gasteiger partial charge in [-0.05, 0) is 61.2 Å². The van der Waals surface area contributed by atoms with Crippen LogP contribution in [-0.4, -0.2) is 42.6 Å². The molecule has 0 aromatic heterocycles. The van der Waals surface area contributed by atoms with Gasteiger partial charge in [-0.25, -0.2) is 0 Å². The molecule has 0 bridgehead atoms. The number of piperidine rings is 1. The SMILES string of the molecule is c1ccc2c(c1)CCN(Cc1ccc(OCCN3CCCCC3)cc1)C2. The largest absolute Gasteiger partial charge is 0.492 e. The molecular weight excluding hydrogens is 320 g/mol. The summed E-state index contributed by atoms with van der Waals surface area (Å²) in [5.41, 5.74) is 4.37. The number of hydrogen-bond donors (Lipinski definition) is 0. The van der Waals surface area contributed by atoms with Crippen molar-refractivity contribution >= 4 is 0 Å². The van der Waals surface area contributed by atoms with Crippen LogP contribution in [0.3, 0.4) is 0 Å². The molecule has 0 radical (unpaired) electrons. The predicted octanol–water partition coefficient (Wildman–Crippen LogP) is 4.11. The van der Waals surface area contributed by atoms with Gasteiger partial charge in [0, 0.05) is 26.2 Å². The Morgan fingerprint density at radius 2 is 1.54 bits per heavy atom. The van der Waals surface area contributed by atoms with Crippen LogP contribution in [0.25, 0.3) is 0 Å². The molecule has 1 fully saturated rings. The molecule has 2 heterocycles. The molecule has 138 valence electrons. The number of hydrogen-bond acceptors (Lipinski definition) is 3. The minimum atomic E-state index is 0.794. The van der Waals surface area contributed by atoms with Gasteiger partial charge in [0.05, 0.1) is 0 Å². The molecule has 26 heavy (non-hydrogen) atoms. The molecule has 1 saturated heterocycles. The van der Waals surface area contributed by atoms with Crippen molar-refractivity contribution in [3.63, 3.8) is 0 Å². The van der Waals surface area contributed by atoms with E-state index in [1.165, 1.54) is 49.0 Å². The number of fused-ring (bicyclic) bond motifs is 1. The molecule has 0 N–H and O–H groups in total. The molecule has 2 aromatic rings. The lowest BCUT2D eigenvalue weighted by atomic mass is 9.99. The van der Waals surface area contributed by atoms with E-state index in [0.717, 1.165) is 45.0 Å². The smallest absolute Gasteiger partial charge is 0.119 e. The van der Waals surface area contributed by atoms with Crippen LogP contribution in [0.2, 0.25) is 0 Å². The maximum Gasteiger partial charge on any atom is 0.119 e. The second-order valence-corrected chi connectivity index (χ2v) is 7.62. The quantitative estimate of drug-likeness (QED) is 0.780. The normalized spacial score (nSPS) is 18.5. The van der Waals surface area contributed by atoms with Crippen LogP contribution >= 0.6 is 0 Å². The molecule has 2 aliphatic rings. The molecule has 4 rings (SSSR count). The minimum absolute atomic E-state index is 0.794. The van der Waals surface area contributed by atoms with Crippen LogP contribution < -0.4 is 4.74 Å². The zero-order chi connectivity index (χ0) is 17.6. The average Bonchev–Trinajstić information content (AvgIpc) is 2.70. The van der Waals surface area contributed by atoms with Crippen molar-refractivity contribution in [3.05, 3.63) is 65.2 Å². The average molecular weight is 351 g/mol. The highest BCUT2D eigenvalue weighted by Crippen LogP contribution is 2.21. The van der Waals surface area contributed by atoms with E-state index in [1.807, 2.05) is 0 Å². The fourth-order valence-electron chi connectivity index (χ4n) is 4.11. The number of rotatable bonds is 6. The highest BCUT2D eigenvalue weighted by Gasteiger charge is 2.15. The fraction of sp³-hybridized carbons (Fsp3) is 0.478. The van der Waals surface area contributed by atoms with Crippen LogP contribution in [0.1, 0.15) is 36.0 Å². The van der Waals surface area contributed by atoms with Gasteiger partial charge in [-0.3, -0.25) is 9.80 Å². The second kappa shape index (κ2) is 8.70. The fourth-order valence-corrected chi connectivity index (χ4v) is 4.11. The summed E-state index contributed by atoms with van der Waals surface area (Å²) < 4.78 is 5.94. The first-order valence-corrected chi connectivity index (χ1v) is 10.1. The van der Waals surface area contributed by atoms with Gasteiger partial charge in [0.2, 0.25) is 0 Å². The van der Waals surface area contributed by atoms with Crippen molar-refractivity contribution in [3.8, 4) is 5.75 Å². The van der Waals surface area contributed by atoms with E-state index in [1.54, 1.807) is 0 Å². The third-order valence-corrected chi connectivity index (χ3v) is 5.66. The molecule has 0 saturated carbocycles. The first kappa shape index (κ1) is 17.6. The van der Waals surface area contributed by atoms with E-state index in [2.05, 4.69) is 58.3 Å². The minimum Gasteiger partial charge on any atom is -0.492 e. The maximum absolute atomic E-state index is 5.94. The predicted molar refractivity (Wildman–Crippen MR) is 106 cm³/mol. The van der Waals surface area contributed by atoms with Crippen LogP contribution in [0, 0.1) is 0 Å². The van der Waals surface area contributed by atoms with Gasteiger partial charge >= 0.3 is 0 Å². The van der Waals surface area contributed by atoms with Gasteiger partial charge in [0.1, 0.15) is 12.4 Å². The van der Waals surface area contributed by atoms with E-state index in [9.17, 15) is 0 Å². The van der Waals surface area contributed by atoms with Crippen molar-refractivity contribution in [2.45, 2.75) is 38.8 Å². The van der Waals surface area contributed by atoms with E-state index < -0.39 is 0 Å². The van der Waals surface area contributed by atoms with Crippen molar-refractivity contribution in [1.29, 1.82) is 0 Å². The summed E-state index contributed by atoms with van der Waals surface area (Å²) in [5.74, 6) is 0.995. The first-order chi connectivity index (χ1) is 12.9. The molecule has 0 unspecified atom stereocenters. The Bertz CT molecular complexity index is 692. The third kappa shape index (κ3) is 4.66. The van der Waals surface area contributed by atoms with Gasteiger partial charge < -0.3 is 4.74 Å². The molecule has 2 aliphatic heterocycles. The number of benzene rings is 2. The standard InChI is InChI=1S/C23H30N2O/c1-4-13-24(14-5-1)16-17-26-23-10-8-20(9-11-23)18-25-15-12-21-6-2-3-7-22(21)19-25/h2-3,6-11H,1,4-5,12-19H2. The zero-order valence-corrected chi connectivity index (χ0v) is 15.7. The van der Waals surface area contributed by atoms with E-state index >= 15 is 0 Å². The Balaban J connectivity index is 1.24. The van der Waals surface area contributed by atoms with Gasteiger partial charge in [-0.1, -0.05) is 42.8 Å². The van der Waals surface area contributed by atoms with E-state index in [-0.39, 0.29) is 0 Å². The number of ether oxygens (including phenoxy) is 1. The van der Waals surface area contributed by atoms with Gasteiger partial charge in [0.25, 0.3) is 0 Å². The second-order valence-electron chi connectivity index (χ2n) is 7.62. The van der Waals surface area contributed by atoms with Crippen LogP contribution in [0.15, 0.2) is 48.5 Å². The monoisotopic (exact) mass is 350 g/mol. The summed E-state index contributed by atoms with van der Waals surface area (Å²) in [4.78, 5) is 5.06.